The van der Waals surface area contributed by atoms with Crippen LogP contribution in [0.2, 0.25) is 0 Å². The first-order chi connectivity index (χ1) is 12.4. The number of methoxy groups -OCH3 is 1. The number of carbonyl (C=O) groups excluding carboxylic acids is 1. The Morgan fingerprint density at radius 2 is 2.00 bits per heavy atom. The van der Waals surface area contributed by atoms with Crippen molar-refractivity contribution in [2.45, 2.75) is 19.1 Å². The van der Waals surface area contributed by atoms with E-state index < -0.39 is 29.5 Å². The van der Waals surface area contributed by atoms with Crippen LogP contribution in [0, 0.1) is 0 Å². The summed E-state index contributed by atoms with van der Waals surface area (Å²) in [5, 5.41) is 6.12. The van der Waals surface area contributed by atoms with Gasteiger partial charge in [-0.3, -0.25) is 0 Å². The first-order valence-corrected chi connectivity index (χ1v) is 7.65. The van der Waals surface area contributed by atoms with E-state index in [0.717, 1.165) is 6.33 Å². The van der Waals surface area contributed by atoms with Crippen LogP contribution in [0.3, 0.4) is 0 Å². The van der Waals surface area contributed by atoms with Crippen molar-refractivity contribution >= 4 is 11.9 Å². The highest BCUT2D eigenvalue weighted by Crippen LogP contribution is 2.41. The molecule has 0 unspecified atom stereocenters. The van der Waals surface area contributed by atoms with Crippen molar-refractivity contribution in [3.05, 3.63) is 47.4 Å². The van der Waals surface area contributed by atoms with E-state index in [1.807, 2.05) is 0 Å². The van der Waals surface area contributed by atoms with Crippen LogP contribution in [-0.4, -0.2) is 40.6 Å². The van der Waals surface area contributed by atoms with E-state index in [1.54, 1.807) is 24.3 Å². The molecule has 0 amide bonds. The number of carbonyl (C=O) groups is 1. The Labute approximate surface area is 146 Å². The fourth-order valence-electron chi connectivity index (χ4n) is 2.71. The summed E-state index contributed by atoms with van der Waals surface area (Å²) in [5.41, 5.74) is -1.39. The van der Waals surface area contributed by atoms with Crippen LogP contribution >= 0.6 is 0 Å². The zero-order chi connectivity index (χ0) is 18.9. The van der Waals surface area contributed by atoms with Gasteiger partial charge in [-0.1, -0.05) is 12.1 Å². The minimum absolute atomic E-state index is 0.0625. The Morgan fingerprint density at radius 3 is 2.58 bits per heavy atom. The van der Waals surface area contributed by atoms with Crippen molar-refractivity contribution in [3.8, 4) is 5.75 Å². The van der Waals surface area contributed by atoms with Gasteiger partial charge in [0.25, 0.3) is 0 Å². The molecule has 0 aliphatic carbocycles. The molecule has 2 heterocycles. The highest BCUT2D eigenvalue weighted by atomic mass is 19.4. The molecule has 138 valence electrons. The maximum atomic E-state index is 13.6. The van der Waals surface area contributed by atoms with Crippen LogP contribution < -0.4 is 10.1 Å². The van der Waals surface area contributed by atoms with Gasteiger partial charge in [-0.2, -0.15) is 23.3 Å². The lowest BCUT2D eigenvalue weighted by Crippen LogP contribution is -2.35. The van der Waals surface area contributed by atoms with Crippen LogP contribution in [0.25, 0.3) is 0 Å². The molecule has 1 N–H and O–H groups in total. The van der Waals surface area contributed by atoms with E-state index in [1.165, 1.54) is 18.7 Å². The third-order valence-electron chi connectivity index (χ3n) is 3.81. The Balaban J connectivity index is 2.21. The van der Waals surface area contributed by atoms with E-state index in [-0.39, 0.29) is 12.6 Å². The largest absolute Gasteiger partial charge is 0.497 e. The summed E-state index contributed by atoms with van der Waals surface area (Å²) >= 11 is 0. The van der Waals surface area contributed by atoms with Crippen molar-refractivity contribution in [2.75, 3.05) is 19.0 Å². The molecule has 0 bridgehead atoms. The van der Waals surface area contributed by atoms with Crippen molar-refractivity contribution in [1.29, 1.82) is 0 Å². The number of nitrogens with one attached hydrogen (secondary N) is 1. The van der Waals surface area contributed by atoms with Crippen molar-refractivity contribution in [2.24, 2.45) is 0 Å². The number of fused-ring (bicyclic) bond motifs is 1. The minimum atomic E-state index is -4.80. The molecule has 1 aromatic carbocycles. The van der Waals surface area contributed by atoms with E-state index in [0.29, 0.717) is 11.3 Å². The molecule has 1 aliphatic heterocycles. The van der Waals surface area contributed by atoms with Gasteiger partial charge in [-0.15, -0.1) is 0 Å². The van der Waals surface area contributed by atoms with E-state index in [2.05, 4.69) is 15.4 Å². The third kappa shape index (κ3) is 3.09. The normalized spacial score (nSPS) is 16.7. The third-order valence-corrected chi connectivity index (χ3v) is 3.81. The Bertz CT molecular complexity index is 843. The van der Waals surface area contributed by atoms with Gasteiger partial charge in [0.05, 0.1) is 19.3 Å². The number of rotatable bonds is 4. The Hall–Kier alpha value is -3.04. The highest BCUT2D eigenvalue weighted by Gasteiger charge is 2.46. The molecule has 0 saturated carbocycles. The van der Waals surface area contributed by atoms with Gasteiger partial charge in [0.2, 0.25) is 5.95 Å². The minimum Gasteiger partial charge on any atom is -0.497 e. The number of hydrogen-bond donors (Lipinski definition) is 1. The summed E-state index contributed by atoms with van der Waals surface area (Å²) < 4.78 is 51.9. The molecule has 0 spiro atoms. The molecule has 1 atom stereocenters. The number of benzene rings is 1. The molecule has 10 heteroatoms. The second-order valence-corrected chi connectivity index (χ2v) is 5.34. The topological polar surface area (TPSA) is 78.3 Å². The second kappa shape index (κ2) is 6.70. The zero-order valence-electron chi connectivity index (χ0n) is 13.9. The number of nitrogens with zero attached hydrogens (tertiary/aromatic N) is 3. The van der Waals surface area contributed by atoms with Crippen molar-refractivity contribution in [3.63, 3.8) is 0 Å². The molecule has 3 rings (SSSR count). The first-order valence-electron chi connectivity index (χ1n) is 7.65. The summed E-state index contributed by atoms with van der Waals surface area (Å²) in [4.78, 5) is 16.2. The van der Waals surface area contributed by atoms with Crippen molar-refractivity contribution in [1.82, 2.24) is 14.8 Å². The zero-order valence-corrected chi connectivity index (χ0v) is 13.9. The van der Waals surface area contributed by atoms with Gasteiger partial charge in [0, 0.05) is 0 Å². The van der Waals surface area contributed by atoms with E-state index in [9.17, 15) is 18.0 Å². The van der Waals surface area contributed by atoms with Gasteiger partial charge in [-0.05, 0) is 24.6 Å². The SMILES string of the molecule is CCOC(=O)C1=C(C(F)(F)F)Nc2ncnn2[C@@H]1c1ccc(OC)cc1. The van der Waals surface area contributed by atoms with Crippen LogP contribution in [0.4, 0.5) is 19.1 Å². The van der Waals surface area contributed by atoms with Gasteiger partial charge in [0.1, 0.15) is 23.8 Å². The summed E-state index contributed by atoms with van der Waals surface area (Å²) in [6, 6.07) is 5.16. The number of allylic oxidation sites excluding steroid dienone is 1. The average Bonchev–Trinajstić information content (AvgIpc) is 3.08. The quantitative estimate of drug-likeness (QED) is 0.836. The first kappa shape index (κ1) is 17.8. The lowest BCUT2D eigenvalue weighted by Gasteiger charge is -2.30. The lowest BCUT2D eigenvalue weighted by molar-refractivity contribution is -0.140. The number of anilines is 1. The standard InChI is InChI=1S/C16H15F3N4O3/c1-3-26-14(24)11-12(9-4-6-10(25-2)7-5-9)23-15(20-8-21-23)22-13(11)16(17,18)19/h4-8,12H,3H2,1-2H3,(H,20,21,22)/t12-/m1/s1. The molecule has 2 aromatic rings. The molecule has 1 aliphatic rings. The summed E-state index contributed by atoms with van der Waals surface area (Å²) in [7, 11) is 1.47. The number of aromatic nitrogens is 3. The molecule has 0 radical (unpaired) electrons. The van der Waals surface area contributed by atoms with Crippen LogP contribution in [0.1, 0.15) is 18.5 Å². The Kier molecular flexibility index (Phi) is 4.58. The number of ether oxygens (including phenoxy) is 2. The number of hydrogen-bond acceptors (Lipinski definition) is 6. The van der Waals surface area contributed by atoms with E-state index in [4.69, 9.17) is 9.47 Å². The lowest BCUT2D eigenvalue weighted by atomic mass is 9.95. The monoisotopic (exact) mass is 368 g/mol. The van der Waals surface area contributed by atoms with Gasteiger partial charge >= 0.3 is 12.1 Å². The van der Waals surface area contributed by atoms with Crippen molar-refractivity contribution < 1.29 is 27.4 Å². The fourth-order valence-corrected chi connectivity index (χ4v) is 2.71. The van der Waals surface area contributed by atoms with Crippen LogP contribution in [0.15, 0.2) is 41.9 Å². The number of esters is 1. The molecular weight excluding hydrogens is 353 g/mol. The van der Waals surface area contributed by atoms with Gasteiger partial charge in [-0.25, -0.2) is 9.48 Å². The summed E-state index contributed by atoms with van der Waals surface area (Å²) in [5.74, 6) is -0.667. The maximum absolute atomic E-state index is 13.6. The predicted octanol–water partition coefficient (Wildman–Crippen LogP) is 2.68. The maximum Gasteiger partial charge on any atom is 0.431 e. The summed E-state index contributed by atoms with van der Waals surface area (Å²) in [6.45, 7) is 1.46. The molecular formula is C16H15F3N4O3. The van der Waals surface area contributed by atoms with Gasteiger partial charge < -0.3 is 14.8 Å². The molecule has 7 nitrogen and oxygen atoms in total. The van der Waals surface area contributed by atoms with E-state index >= 15 is 0 Å². The highest BCUT2D eigenvalue weighted by molar-refractivity contribution is 5.92. The Morgan fingerprint density at radius 1 is 1.31 bits per heavy atom. The van der Waals surface area contributed by atoms with Crippen LogP contribution in [0.5, 0.6) is 5.75 Å². The van der Waals surface area contributed by atoms with Crippen LogP contribution in [-0.2, 0) is 9.53 Å². The molecule has 26 heavy (non-hydrogen) atoms. The average molecular weight is 368 g/mol. The second-order valence-electron chi connectivity index (χ2n) is 5.34. The molecule has 0 saturated heterocycles. The van der Waals surface area contributed by atoms with Gasteiger partial charge in [0.15, 0.2) is 0 Å². The predicted molar refractivity (Wildman–Crippen MR) is 84.5 cm³/mol. The fraction of sp³-hybridized carbons (Fsp3) is 0.312. The number of halogens is 3. The number of alkyl halides is 3. The molecule has 1 aromatic heterocycles. The molecule has 0 fully saturated rings. The summed E-state index contributed by atoms with van der Waals surface area (Å²) in [6.07, 6.45) is -3.69. The smallest absolute Gasteiger partial charge is 0.431 e.